The predicted octanol–water partition coefficient (Wildman–Crippen LogP) is 1.70. The zero-order valence-corrected chi connectivity index (χ0v) is 12.8. The van der Waals surface area contributed by atoms with Crippen LogP contribution in [0.3, 0.4) is 0 Å². The lowest BCUT2D eigenvalue weighted by atomic mass is 9.98. The normalized spacial score (nSPS) is 16.2. The Bertz CT molecular complexity index is 730. The van der Waals surface area contributed by atoms with E-state index in [0.29, 0.717) is 12.8 Å². The van der Waals surface area contributed by atoms with E-state index in [1.165, 1.54) is 10.9 Å². The number of carbonyl (C=O) groups excluding carboxylic acids is 1. The van der Waals surface area contributed by atoms with Crippen LogP contribution in [-0.4, -0.2) is 37.5 Å². The first-order valence-electron chi connectivity index (χ1n) is 7.55. The van der Waals surface area contributed by atoms with Gasteiger partial charge in [0, 0.05) is 0 Å². The summed E-state index contributed by atoms with van der Waals surface area (Å²) in [5, 5.41) is 19.8. The molecular formula is C16H18N4O3. The molecule has 120 valence electrons. The molecule has 3 rings (SSSR count). The van der Waals surface area contributed by atoms with Crippen molar-refractivity contribution < 1.29 is 14.7 Å². The van der Waals surface area contributed by atoms with Gasteiger partial charge in [0.15, 0.2) is 5.69 Å². The molecule has 1 saturated carbocycles. The van der Waals surface area contributed by atoms with E-state index in [2.05, 4.69) is 15.6 Å². The molecule has 23 heavy (non-hydrogen) atoms. The lowest BCUT2D eigenvalue weighted by Gasteiger charge is -2.24. The standard InChI is InChI=1S/C16H18N4O3/c1-11-4-6-12(7-5-11)20-10-13(18-19-20)14(21)17-16(15(22)23)8-2-3-9-16/h4-7,10H,2-3,8-9H2,1H3,(H,17,21)(H,22,23). The molecule has 1 aliphatic carbocycles. The highest BCUT2D eigenvalue weighted by atomic mass is 16.4. The van der Waals surface area contributed by atoms with E-state index in [-0.39, 0.29) is 5.69 Å². The number of nitrogens with one attached hydrogen (secondary N) is 1. The first-order valence-corrected chi connectivity index (χ1v) is 7.55. The molecule has 1 aromatic heterocycles. The van der Waals surface area contributed by atoms with Crippen LogP contribution in [0.5, 0.6) is 0 Å². The van der Waals surface area contributed by atoms with Crippen LogP contribution in [0.15, 0.2) is 30.5 Å². The fourth-order valence-electron chi connectivity index (χ4n) is 2.84. The van der Waals surface area contributed by atoms with E-state index in [1.807, 2.05) is 31.2 Å². The average Bonchev–Trinajstić information content (AvgIpc) is 3.17. The third kappa shape index (κ3) is 2.94. The molecule has 0 unspecified atom stereocenters. The van der Waals surface area contributed by atoms with Crippen molar-refractivity contribution in [2.75, 3.05) is 0 Å². The molecule has 1 fully saturated rings. The number of carboxylic acids is 1. The SMILES string of the molecule is Cc1ccc(-n2cc(C(=O)NC3(C(=O)O)CCCC3)nn2)cc1. The number of nitrogens with zero attached hydrogens (tertiary/aromatic N) is 3. The van der Waals surface area contributed by atoms with Gasteiger partial charge in [-0.3, -0.25) is 4.79 Å². The smallest absolute Gasteiger partial charge is 0.329 e. The Hall–Kier alpha value is -2.70. The van der Waals surface area contributed by atoms with Crippen molar-refractivity contribution in [2.45, 2.75) is 38.1 Å². The summed E-state index contributed by atoms with van der Waals surface area (Å²) < 4.78 is 1.50. The lowest BCUT2D eigenvalue weighted by molar-refractivity contribution is -0.144. The second-order valence-corrected chi connectivity index (χ2v) is 5.93. The Morgan fingerprint density at radius 3 is 2.48 bits per heavy atom. The summed E-state index contributed by atoms with van der Waals surface area (Å²) in [6, 6.07) is 7.63. The Morgan fingerprint density at radius 2 is 1.87 bits per heavy atom. The molecule has 0 bridgehead atoms. The molecule has 0 aliphatic heterocycles. The molecule has 2 aromatic rings. The van der Waals surface area contributed by atoms with Crippen LogP contribution in [0.25, 0.3) is 5.69 Å². The molecule has 2 N–H and O–H groups in total. The number of aromatic nitrogens is 3. The van der Waals surface area contributed by atoms with Gasteiger partial charge in [-0.25, -0.2) is 9.48 Å². The van der Waals surface area contributed by atoms with Crippen LogP contribution in [-0.2, 0) is 4.79 Å². The first-order chi connectivity index (χ1) is 11.0. The molecule has 0 radical (unpaired) electrons. The van der Waals surface area contributed by atoms with Gasteiger partial charge < -0.3 is 10.4 Å². The van der Waals surface area contributed by atoms with Gasteiger partial charge in [-0.15, -0.1) is 5.10 Å². The number of hydrogen-bond donors (Lipinski definition) is 2. The topological polar surface area (TPSA) is 97.1 Å². The summed E-state index contributed by atoms with van der Waals surface area (Å²) in [6.45, 7) is 1.98. The van der Waals surface area contributed by atoms with Crippen molar-refractivity contribution in [1.82, 2.24) is 20.3 Å². The first kappa shape index (κ1) is 15.2. The number of carbonyl (C=O) groups is 2. The molecule has 7 heteroatoms. The molecular weight excluding hydrogens is 296 g/mol. The molecule has 0 atom stereocenters. The van der Waals surface area contributed by atoms with Gasteiger partial charge in [0.2, 0.25) is 0 Å². The van der Waals surface area contributed by atoms with E-state index in [4.69, 9.17) is 0 Å². The molecule has 1 amide bonds. The number of amides is 1. The number of aryl methyl sites for hydroxylation is 1. The minimum Gasteiger partial charge on any atom is -0.480 e. The highest BCUT2D eigenvalue weighted by Crippen LogP contribution is 2.30. The molecule has 7 nitrogen and oxygen atoms in total. The summed E-state index contributed by atoms with van der Waals surface area (Å²) in [5.41, 5.74) is 0.843. The summed E-state index contributed by atoms with van der Waals surface area (Å²) >= 11 is 0. The van der Waals surface area contributed by atoms with Crippen LogP contribution in [0.1, 0.15) is 41.7 Å². The van der Waals surface area contributed by atoms with E-state index in [1.54, 1.807) is 0 Å². The number of benzene rings is 1. The summed E-state index contributed by atoms with van der Waals surface area (Å²) in [7, 11) is 0. The third-order valence-corrected chi connectivity index (χ3v) is 4.24. The molecule has 1 aromatic carbocycles. The van der Waals surface area contributed by atoms with Crippen molar-refractivity contribution in [3.63, 3.8) is 0 Å². The fourth-order valence-corrected chi connectivity index (χ4v) is 2.84. The number of aliphatic carboxylic acids is 1. The van der Waals surface area contributed by atoms with Gasteiger partial charge in [0.05, 0.1) is 11.9 Å². The van der Waals surface area contributed by atoms with Crippen molar-refractivity contribution in [3.8, 4) is 5.69 Å². The van der Waals surface area contributed by atoms with E-state index < -0.39 is 17.4 Å². The van der Waals surface area contributed by atoms with Crippen LogP contribution in [0.2, 0.25) is 0 Å². The average molecular weight is 314 g/mol. The van der Waals surface area contributed by atoms with Crippen molar-refractivity contribution in [1.29, 1.82) is 0 Å². The van der Waals surface area contributed by atoms with Gasteiger partial charge in [-0.2, -0.15) is 0 Å². The summed E-state index contributed by atoms with van der Waals surface area (Å²) in [5.74, 6) is -1.50. The third-order valence-electron chi connectivity index (χ3n) is 4.24. The fraction of sp³-hybridized carbons (Fsp3) is 0.375. The van der Waals surface area contributed by atoms with Gasteiger partial charge in [0.1, 0.15) is 5.54 Å². The Morgan fingerprint density at radius 1 is 1.22 bits per heavy atom. The zero-order valence-electron chi connectivity index (χ0n) is 12.8. The second kappa shape index (κ2) is 5.83. The van der Waals surface area contributed by atoms with Crippen LogP contribution < -0.4 is 5.32 Å². The largest absolute Gasteiger partial charge is 0.480 e. The van der Waals surface area contributed by atoms with E-state index >= 15 is 0 Å². The second-order valence-electron chi connectivity index (χ2n) is 5.93. The Balaban J connectivity index is 1.78. The number of carboxylic acid groups (broad SMARTS) is 1. The highest BCUT2D eigenvalue weighted by molar-refractivity contribution is 5.96. The Labute approximate surface area is 133 Å². The quantitative estimate of drug-likeness (QED) is 0.895. The number of hydrogen-bond acceptors (Lipinski definition) is 4. The van der Waals surface area contributed by atoms with Gasteiger partial charge in [-0.1, -0.05) is 35.8 Å². The zero-order chi connectivity index (χ0) is 16.4. The van der Waals surface area contributed by atoms with E-state index in [0.717, 1.165) is 24.1 Å². The van der Waals surface area contributed by atoms with Crippen LogP contribution in [0.4, 0.5) is 0 Å². The minimum atomic E-state index is -1.18. The minimum absolute atomic E-state index is 0.109. The van der Waals surface area contributed by atoms with Gasteiger partial charge >= 0.3 is 5.97 Å². The van der Waals surface area contributed by atoms with Crippen LogP contribution >= 0.6 is 0 Å². The highest BCUT2D eigenvalue weighted by Gasteiger charge is 2.43. The van der Waals surface area contributed by atoms with Crippen molar-refractivity contribution in [3.05, 3.63) is 41.7 Å². The van der Waals surface area contributed by atoms with Crippen molar-refractivity contribution >= 4 is 11.9 Å². The van der Waals surface area contributed by atoms with Crippen molar-refractivity contribution in [2.24, 2.45) is 0 Å². The predicted molar refractivity (Wildman–Crippen MR) is 82.4 cm³/mol. The molecule has 0 saturated heterocycles. The lowest BCUT2D eigenvalue weighted by Crippen LogP contribution is -2.52. The maximum absolute atomic E-state index is 12.3. The van der Waals surface area contributed by atoms with Gasteiger partial charge in [0.25, 0.3) is 5.91 Å². The maximum atomic E-state index is 12.3. The van der Waals surface area contributed by atoms with E-state index in [9.17, 15) is 14.7 Å². The summed E-state index contributed by atoms with van der Waals surface area (Å²) in [6.07, 6.45) is 3.98. The molecule has 1 aliphatic rings. The monoisotopic (exact) mass is 314 g/mol. The molecule has 1 heterocycles. The number of rotatable bonds is 4. The summed E-state index contributed by atoms with van der Waals surface area (Å²) in [4.78, 5) is 23.8. The molecule has 0 spiro atoms. The maximum Gasteiger partial charge on any atom is 0.329 e. The van der Waals surface area contributed by atoms with Gasteiger partial charge in [-0.05, 0) is 31.9 Å². The Kier molecular flexibility index (Phi) is 3.85. The van der Waals surface area contributed by atoms with Crippen LogP contribution in [0, 0.1) is 6.92 Å².